The Morgan fingerprint density at radius 1 is 0.871 bits per heavy atom. The maximum absolute atomic E-state index is 13.1. The van der Waals surface area contributed by atoms with Crippen LogP contribution in [0.15, 0.2) is 54.6 Å². The van der Waals surface area contributed by atoms with Crippen molar-refractivity contribution in [3.8, 4) is 0 Å². The van der Waals surface area contributed by atoms with Gasteiger partial charge >= 0.3 is 0 Å². The van der Waals surface area contributed by atoms with Crippen LogP contribution in [0.4, 0.5) is 0 Å². The number of hydrogen-bond acceptors (Lipinski definition) is 2. The summed E-state index contributed by atoms with van der Waals surface area (Å²) < 4.78 is 0. The highest BCUT2D eigenvalue weighted by Crippen LogP contribution is 2.22. The quantitative estimate of drug-likeness (QED) is 0.625. The first-order chi connectivity index (χ1) is 14.6. The van der Waals surface area contributed by atoms with Gasteiger partial charge in [-0.05, 0) is 55.7 Å². The van der Waals surface area contributed by atoms with Crippen LogP contribution in [0, 0.1) is 0 Å². The SMILES string of the molecule is CC(C)NC(=O)C(C)N(CCc1ccccc1)C(=O)CCc1ccc(C(C)(C)C)cc1. The molecule has 2 aromatic carbocycles. The minimum atomic E-state index is -0.498. The monoisotopic (exact) mass is 422 g/mol. The highest BCUT2D eigenvalue weighted by molar-refractivity contribution is 5.87. The molecular formula is C27H38N2O2. The van der Waals surface area contributed by atoms with Gasteiger partial charge in [-0.25, -0.2) is 0 Å². The van der Waals surface area contributed by atoms with E-state index >= 15 is 0 Å². The Labute approximate surface area is 188 Å². The average Bonchev–Trinajstić information content (AvgIpc) is 2.72. The molecule has 2 rings (SSSR count). The Bertz CT molecular complexity index is 836. The van der Waals surface area contributed by atoms with Gasteiger partial charge in [0.15, 0.2) is 0 Å². The summed E-state index contributed by atoms with van der Waals surface area (Å²) in [5.41, 5.74) is 3.70. The van der Waals surface area contributed by atoms with Gasteiger partial charge in [0.2, 0.25) is 11.8 Å². The number of nitrogens with zero attached hydrogens (tertiary/aromatic N) is 1. The zero-order valence-electron chi connectivity index (χ0n) is 19.9. The fraction of sp³-hybridized carbons (Fsp3) is 0.481. The third-order valence-electron chi connectivity index (χ3n) is 5.53. The second-order valence-electron chi connectivity index (χ2n) is 9.61. The Morgan fingerprint density at radius 3 is 2.00 bits per heavy atom. The molecule has 0 bridgehead atoms. The number of benzene rings is 2. The minimum absolute atomic E-state index is 0.0160. The lowest BCUT2D eigenvalue weighted by Gasteiger charge is -2.29. The highest BCUT2D eigenvalue weighted by atomic mass is 16.2. The lowest BCUT2D eigenvalue weighted by atomic mass is 9.86. The van der Waals surface area contributed by atoms with Crippen molar-refractivity contribution >= 4 is 11.8 Å². The van der Waals surface area contributed by atoms with Gasteiger partial charge in [0.05, 0.1) is 0 Å². The van der Waals surface area contributed by atoms with E-state index in [2.05, 4.69) is 62.5 Å². The van der Waals surface area contributed by atoms with E-state index in [0.29, 0.717) is 19.4 Å². The summed E-state index contributed by atoms with van der Waals surface area (Å²) in [6.07, 6.45) is 1.79. The predicted molar refractivity (Wildman–Crippen MR) is 128 cm³/mol. The summed E-state index contributed by atoms with van der Waals surface area (Å²) in [5.74, 6) is -0.0897. The van der Waals surface area contributed by atoms with Crippen LogP contribution in [0.3, 0.4) is 0 Å². The normalized spacial score (nSPS) is 12.5. The maximum atomic E-state index is 13.1. The van der Waals surface area contributed by atoms with Crippen molar-refractivity contribution in [1.82, 2.24) is 10.2 Å². The molecule has 0 aliphatic carbocycles. The van der Waals surface area contributed by atoms with E-state index in [1.54, 1.807) is 4.90 Å². The number of amides is 2. The number of carbonyl (C=O) groups is 2. The topological polar surface area (TPSA) is 49.4 Å². The number of aryl methyl sites for hydroxylation is 1. The van der Waals surface area contributed by atoms with Gasteiger partial charge in [0, 0.05) is 19.0 Å². The number of carbonyl (C=O) groups excluding carboxylic acids is 2. The molecule has 0 aliphatic rings. The maximum Gasteiger partial charge on any atom is 0.242 e. The molecular weight excluding hydrogens is 384 g/mol. The van der Waals surface area contributed by atoms with Crippen molar-refractivity contribution in [1.29, 1.82) is 0 Å². The second-order valence-corrected chi connectivity index (χ2v) is 9.61. The number of rotatable bonds is 9. The van der Waals surface area contributed by atoms with Gasteiger partial charge in [0.1, 0.15) is 6.04 Å². The highest BCUT2D eigenvalue weighted by Gasteiger charge is 2.26. The Balaban J connectivity index is 2.06. The molecule has 31 heavy (non-hydrogen) atoms. The van der Waals surface area contributed by atoms with Gasteiger partial charge < -0.3 is 10.2 Å². The zero-order chi connectivity index (χ0) is 23.0. The molecule has 4 heteroatoms. The fourth-order valence-corrected chi connectivity index (χ4v) is 3.54. The van der Waals surface area contributed by atoms with Crippen molar-refractivity contribution in [2.45, 2.75) is 78.3 Å². The molecule has 0 aliphatic heterocycles. The molecule has 2 amide bonds. The summed E-state index contributed by atoms with van der Waals surface area (Å²) in [6, 6.07) is 18.1. The van der Waals surface area contributed by atoms with Crippen LogP contribution in [0.5, 0.6) is 0 Å². The van der Waals surface area contributed by atoms with Gasteiger partial charge in [-0.1, -0.05) is 75.4 Å². The first-order valence-corrected chi connectivity index (χ1v) is 11.3. The van der Waals surface area contributed by atoms with Crippen LogP contribution in [0.1, 0.15) is 64.7 Å². The van der Waals surface area contributed by atoms with Crippen LogP contribution in [0.25, 0.3) is 0 Å². The largest absolute Gasteiger partial charge is 0.352 e. The smallest absolute Gasteiger partial charge is 0.242 e. The van der Waals surface area contributed by atoms with Crippen LogP contribution in [0.2, 0.25) is 0 Å². The second kappa shape index (κ2) is 11.1. The molecule has 0 spiro atoms. The number of hydrogen-bond donors (Lipinski definition) is 1. The standard InChI is InChI=1S/C27H38N2O2/c1-20(2)28-26(31)21(3)29(19-18-22-10-8-7-9-11-22)25(30)17-14-23-12-15-24(16-13-23)27(4,5)6/h7-13,15-16,20-21H,14,17-19H2,1-6H3,(H,28,31). The van der Waals surface area contributed by atoms with Gasteiger partial charge in [-0.15, -0.1) is 0 Å². The van der Waals surface area contributed by atoms with Crippen molar-refractivity contribution in [3.63, 3.8) is 0 Å². The molecule has 0 aromatic heterocycles. The van der Waals surface area contributed by atoms with Gasteiger partial charge in [0.25, 0.3) is 0 Å². The van der Waals surface area contributed by atoms with E-state index in [9.17, 15) is 9.59 Å². The summed E-state index contributed by atoms with van der Waals surface area (Å²) in [4.78, 5) is 27.5. The van der Waals surface area contributed by atoms with E-state index < -0.39 is 6.04 Å². The predicted octanol–water partition coefficient (Wildman–Crippen LogP) is 4.90. The zero-order valence-corrected chi connectivity index (χ0v) is 19.9. The minimum Gasteiger partial charge on any atom is -0.352 e. The van der Waals surface area contributed by atoms with Crippen LogP contribution in [-0.2, 0) is 27.8 Å². The molecule has 0 fully saturated rings. The van der Waals surface area contributed by atoms with E-state index in [4.69, 9.17) is 0 Å². The third kappa shape index (κ3) is 7.86. The van der Waals surface area contributed by atoms with Gasteiger partial charge in [-0.2, -0.15) is 0 Å². The van der Waals surface area contributed by atoms with Crippen molar-refractivity contribution in [2.75, 3.05) is 6.54 Å². The van der Waals surface area contributed by atoms with Crippen LogP contribution < -0.4 is 5.32 Å². The first-order valence-electron chi connectivity index (χ1n) is 11.3. The molecule has 4 nitrogen and oxygen atoms in total. The van der Waals surface area contributed by atoms with E-state index in [0.717, 1.165) is 17.5 Å². The van der Waals surface area contributed by atoms with Gasteiger partial charge in [-0.3, -0.25) is 9.59 Å². The van der Waals surface area contributed by atoms with Crippen molar-refractivity contribution < 1.29 is 9.59 Å². The van der Waals surface area contributed by atoms with E-state index in [-0.39, 0.29) is 23.3 Å². The fourth-order valence-electron chi connectivity index (χ4n) is 3.54. The molecule has 1 N–H and O–H groups in total. The van der Waals surface area contributed by atoms with E-state index in [1.807, 2.05) is 39.0 Å². The average molecular weight is 423 g/mol. The molecule has 0 saturated carbocycles. The molecule has 0 heterocycles. The first kappa shape index (κ1) is 24.6. The molecule has 0 radical (unpaired) electrons. The summed E-state index contributed by atoms with van der Waals surface area (Å²) >= 11 is 0. The van der Waals surface area contributed by atoms with Crippen molar-refractivity contribution in [2.24, 2.45) is 0 Å². The summed E-state index contributed by atoms with van der Waals surface area (Å²) in [6.45, 7) is 12.8. The summed E-state index contributed by atoms with van der Waals surface area (Å²) in [7, 11) is 0. The van der Waals surface area contributed by atoms with Crippen LogP contribution >= 0.6 is 0 Å². The Kier molecular flexibility index (Phi) is 8.85. The number of nitrogens with one attached hydrogen (secondary N) is 1. The molecule has 2 aromatic rings. The van der Waals surface area contributed by atoms with Crippen LogP contribution in [-0.4, -0.2) is 35.3 Å². The lowest BCUT2D eigenvalue weighted by Crippen LogP contribution is -2.50. The lowest BCUT2D eigenvalue weighted by molar-refractivity contribution is -0.140. The summed E-state index contributed by atoms with van der Waals surface area (Å²) in [5, 5.41) is 2.94. The van der Waals surface area contributed by atoms with Crippen molar-refractivity contribution in [3.05, 3.63) is 71.3 Å². The Hall–Kier alpha value is -2.62. The Morgan fingerprint density at radius 2 is 1.45 bits per heavy atom. The van der Waals surface area contributed by atoms with E-state index in [1.165, 1.54) is 5.56 Å². The molecule has 0 saturated heterocycles. The molecule has 1 unspecified atom stereocenters. The molecule has 1 atom stereocenters. The third-order valence-corrected chi connectivity index (χ3v) is 5.53. The molecule has 168 valence electrons.